The van der Waals surface area contributed by atoms with E-state index in [9.17, 15) is 14.0 Å². The average molecular weight is 516 g/mol. The molecule has 4 aromatic rings. The van der Waals surface area contributed by atoms with Crippen LogP contribution in [0.2, 0.25) is 0 Å². The molecule has 1 unspecified atom stereocenters. The maximum Gasteiger partial charge on any atom is 0.302 e. The van der Waals surface area contributed by atoms with Gasteiger partial charge in [-0.1, -0.05) is 60.3 Å². The number of aryl methyl sites for hydroxylation is 1. The average Bonchev–Trinajstić information content (AvgIpc) is 3.21. The Morgan fingerprint density at radius 3 is 2.65 bits per heavy atom. The summed E-state index contributed by atoms with van der Waals surface area (Å²) in [6.45, 7) is 2.53. The summed E-state index contributed by atoms with van der Waals surface area (Å²) in [5, 5.41) is 8.63. The SMILES string of the molecule is CC1SC(=O)N(CCNC(=O)Cc2ccccc2)N=C1c1ccc2c(c1)nc(-c1cccc(F)c1)n2C. The Morgan fingerprint density at radius 2 is 1.86 bits per heavy atom. The van der Waals surface area contributed by atoms with E-state index in [1.165, 1.54) is 28.9 Å². The van der Waals surface area contributed by atoms with E-state index in [1.807, 2.05) is 73.1 Å². The summed E-state index contributed by atoms with van der Waals surface area (Å²) >= 11 is 1.20. The molecular formula is C28H26FN5O2S. The molecule has 1 aliphatic heterocycles. The smallest absolute Gasteiger partial charge is 0.302 e. The van der Waals surface area contributed by atoms with Crippen molar-refractivity contribution in [3.05, 3.63) is 89.7 Å². The Labute approximate surface area is 218 Å². The number of rotatable bonds is 7. The highest BCUT2D eigenvalue weighted by atomic mass is 32.2. The first-order valence-electron chi connectivity index (χ1n) is 12.0. The van der Waals surface area contributed by atoms with Gasteiger partial charge in [-0.05, 0) is 36.8 Å². The summed E-state index contributed by atoms with van der Waals surface area (Å²) in [5.41, 5.74) is 4.93. The van der Waals surface area contributed by atoms with Crippen molar-refractivity contribution in [3.8, 4) is 11.4 Å². The number of halogens is 1. The molecule has 3 aromatic carbocycles. The maximum absolute atomic E-state index is 13.8. The molecule has 0 spiro atoms. The van der Waals surface area contributed by atoms with E-state index >= 15 is 0 Å². The second kappa shape index (κ2) is 10.6. The fourth-order valence-corrected chi connectivity index (χ4v) is 5.19. The summed E-state index contributed by atoms with van der Waals surface area (Å²) in [5.74, 6) is 0.256. The molecule has 1 N–H and O–H groups in total. The molecule has 2 amide bonds. The van der Waals surface area contributed by atoms with Crippen LogP contribution in [0.25, 0.3) is 22.4 Å². The van der Waals surface area contributed by atoms with Crippen molar-refractivity contribution < 1.29 is 14.0 Å². The number of hydrogen-bond donors (Lipinski definition) is 1. The molecule has 37 heavy (non-hydrogen) atoms. The first-order chi connectivity index (χ1) is 17.9. The molecular weight excluding hydrogens is 489 g/mol. The van der Waals surface area contributed by atoms with Gasteiger partial charge in [-0.25, -0.2) is 14.4 Å². The van der Waals surface area contributed by atoms with Gasteiger partial charge in [-0.15, -0.1) is 0 Å². The van der Waals surface area contributed by atoms with Gasteiger partial charge in [0.25, 0.3) is 0 Å². The van der Waals surface area contributed by atoms with Crippen LogP contribution in [0.5, 0.6) is 0 Å². The second-order valence-corrected chi connectivity index (χ2v) is 10.1. The van der Waals surface area contributed by atoms with Gasteiger partial charge in [0.2, 0.25) is 5.91 Å². The number of hydrazone groups is 1. The highest BCUT2D eigenvalue weighted by Gasteiger charge is 2.28. The van der Waals surface area contributed by atoms with Crippen LogP contribution in [0.15, 0.2) is 77.9 Å². The van der Waals surface area contributed by atoms with Gasteiger partial charge < -0.3 is 9.88 Å². The number of amides is 2. The number of imidazole rings is 1. The number of thioether (sulfide) groups is 1. The number of nitrogens with one attached hydrogen (secondary N) is 1. The van der Waals surface area contributed by atoms with E-state index in [4.69, 9.17) is 4.98 Å². The van der Waals surface area contributed by atoms with Crippen molar-refractivity contribution >= 4 is 39.7 Å². The third-order valence-electron chi connectivity index (χ3n) is 6.21. The minimum Gasteiger partial charge on any atom is -0.354 e. The van der Waals surface area contributed by atoms with Crippen molar-refractivity contribution in [2.45, 2.75) is 18.6 Å². The van der Waals surface area contributed by atoms with Crippen LogP contribution in [0.4, 0.5) is 9.18 Å². The maximum atomic E-state index is 13.8. The van der Waals surface area contributed by atoms with Crippen molar-refractivity contribution in [3.63, 3.8) is 0 Å². The van der Waals surface area contributed by atoms with E-state index in [1.54, 1.807) is 6.07 Å². The molecule has 2 heterocycles. The van der Waals surface area contributed by atoms with Crippen LogP contribution in [0, 0.1) is 5.82 Å². The zero-order valence-corrected chi connectivity index (χ0v) is 21.3. The number of carbonyl (C=O) groups is 2. The fourth-order valence-electron chi connectivity index (χ4n) is 4.34. The number of fused-ring (bicyclic) bond motifs is 1. The molecule has 0 saturated heterocycles. The number of carbonyl (C=O) groups excluding carboxylic acids is 2. The Hall–Kier alpha value is -3.98. The van der Waals surface area contributed by atoms with Crippen LogP contribution < -0.4 is 5.32 Å². The molecule has 1 atom stereocenters. The predicted molar refractivity (Wildman–Crippen MR) is 145 cm³/mol. The summed E-state index contributed by atoms with van der Waals surface area (Å²) < 4.78 is 15.7. The summed E-state index contributed by atoms with van der Waals surface area (Å²) in [4.78, 5) is 29.6. The van der Waals surface area contributed by atoms with E-state index in [-0.39, 0.29) is 35.2 Å². The summed E-state index contributed by atoms with van der Waals surface area (Å²) in [6.07, 6.45) is 0.288. The zero-order valence-electron chi connectivity index (χ0n) is 20.5. The van der Waals surface area contributed by atoms with Gasteiger partial charge in [-0.3, -0.25) is 9.59 Å². The van der Waals surface area contributed by atoms with Crippen LogP contribution in [-0.4, -0.2) is 49.8 Å². The van der Waals surface area contributed by atoms with E-state index in [2.05, 4.69) is 10.4 Å². The lowest BCUT2D eigenvalue weighted by atomic mass is 10.1. The highest BCUT2D eigenvalue weighted by Crippen LogP contribution is 2.29. The van der Waals surface area contributed by atoms with Gasteiger partial charge in [0.1, 0.15) is 11.6 Å². The van der Waals surface area contributed by atoms with Gasteiger partial charge in [-0.2, -0.15) is 5.10 Å². The molecule has 7 nitrogen and oxygen atoms in total. The van der Waals surface area contributed by atoms with Gasteiger partial charge in [0.05, 0.1) is 35.0 Å². The van der Waals surface area contributed by atoms with Crippen molar-refractivity contribution in [1.29, 1.82) is 0 Å². The predicted octanol–water partition coefficient (Wildman–Crippen LogP) is 5.00. The topological polar surface area (TPSA) is 79.6 Å². The molecule has 1 aliphatic rings. The lowest BCUT2D eigenvalue weighted by Gasteiger charge is -2.27. The molecule has 188 valence electrons. The lowest BCUT2D eigenvalue weighted by Crippen LogP contribution is -2.39. The zero-order chi connectivity index (χ0) is 25.9. The largest absolute Gasteiger partial charge is 0.354 e. The first kappa shape index (κ1) is 24.7. The minimum absolute atomic E-state index is 0.101. The quantitative estimate of drug-likeness (QED) is 0.376. The Bertz CT molecular complexity index is 1500. The Balaban J connectivity index is 1.33. The van der Waals surface area contributed by atoms with Gasteiger partial charge in [0, 0.05) is 24.7 Å². The molecule has 9 heteroatoms. The Kier molecular flexibility index (Phi) is 7.05. The molecule has 5 rings (SSSR count). The molecule has 1 aromatic heterocycles. The monoisotopic (exact) mass is 515 g/mol. The third-order valence-corrected chi connectivity index (χ3v) is 7.20. The van der Waals surface area contributed by atoms with Crippen LogP contribution in [-0.2, 0) is 18.3 Å². The third kappa shape index (κ3) is 5.41. The highest BCUT2D eigenvalue weighted by molar-refractivity contribution is 8.14. The number of hydrogen-bond acceptors (Lipinski definition) is 5. The number of nitrogens with zero attached hydrogens (tertiary/aromatic N) is 4. The molecule has 0 aliphatic carbocycles. The summed E-state index contributed by atoms with van der Waals surface area (Å²) in [7, 11) is 1.90. The lowest BCUT2D eigenvalue weighted by molar-refractivity contribution is -0.120. The fraction of sp³-hybridized carbons (Fsp3) is 0.214. The van der Waals surface area contributed by atoms with Crippen LogP contribution >= 0.6 is 11.8 Å². The summed E-state index contributed by atoms with van der Waals surface area (Å²) in [6, 6.07) is 21.8. The van der Waals surface area contributed by atoms with Gasteiger partial charge in [0.15, 0.2) is 0 Å². The molecule has 0 radical (unpaired) electrons. The number of benzene rings is 3. The van der Waals surface area contributed by atoms with E-state index in [0.29, 0.717) is 17.9 Å². The molecule has 0 saturated carbocycles. The number of aromatic nitrogens is 2. The minimum atomic E-state index is -0.311. The standard InChI is InChI=1S/C28H26FN5O2S/c1-18-26(32-34(28(36)37-18)14-13-30-25(35)15-19-7-4-3-5-8-19)20-11-12-24-23(17-20)31-27(33(24)2)21-9-6-10-22(29)16-21/h3-12,16-18H,13-15H2,1-2H3,(H,30,35). The van der Waals surface area contributed by atoms with Gasteiger partial charge >= 0.3 is 5.24 Å². The van der Waals surface area contributed by atoms with Crippen molar-refractivity contribution in [2.75, 3.05) is 13.1 Å². The second-order valence-electron chi connectivity index (χ2n) is 8.85. The van der Waals surface area contributed by atoms with Crippen LogP contribution in [0.1, 0.15) is 18.1 Å². The first-order valence-corrected chi connectivity index (χ1v) is 12.9. The van der Waals surface area contributed by atoms with Crippen molar-refractivity contribution in [1.82, 2.24) is 19.9 Å². The normalized spacial score (nSPS) is 15.6. The van der Waals surface area contributed by atoms with Crippen LogP contribution in [0.3, 0.4) is 0 Å². The van der Waals surface area contributed by atoms with E-state index < -0.39 is 0 Å². The van der Waals surface area contributed by atoms with Crippen molar-refractivity contribution in [2.24, 2.45) is 12.1 Å². The molecule has 0 bridgehead atoms. The molecule has 0 fully saturated rings. The van der Waals surface area contributed by atoms with E-state index in [0.717, 1.165) is 27.9 Å². The Morgan fingerprint density at radius 1 is 1.05 bits per heavy atom.